The molecule has 0 aliphatic rings. The summed E-state index contributed by atoms with van der Waals surface area (Å²) in [4.78, 5) is 2.90. The van der Waals surface area contributed by atoms with Crippen molar-refractivity contribution in [3.63, 3.8) is 0 Å². The van der Waals surface area contributed by atoms with Crippen LogP contribution in [-0.4, -0.2) is 10.2 Å². The Morgan fingerprint density at radius 1 is 1.25 bits per heavy atom. The molecule has 0 atom stereocenters. The van der Waals surface area contributed by atoms with Gasteiger partial charge in [0.15, 0.2) is 0 Å². The molecule has 0 aliphatic heterocycles. The molecule has 0 radical (unpaired) electrons. The molecule has 2 heterocycles. The second kappa shape index (κ2) is 3.76. The summed E-state index contributed by atoms with van der Waals surface area (Å²) in [6, 6.07) is 5.62. The molecule has 0 aromatic carbocycles. The van der Waals surface area contributed by atoms with E-state index in [1.165, 1.54) is 0 Å². The van der Waals surface area contributed by atoms with Gasteiger partial charge >= 0.3 is 5.65 Å². The molecule has 0 unspecified atom stereocenters. The normalized spacial score (nSPS) is 8.67. The van der Waals surface area contributed by atoms with Crippen LogP contribution in [0.1, 0.15) is 14.9 Å². The molecule has 0 bridgehead atoms. The molecule has 2 aromatic heterocycles. The lowest BCUT2D eigenvalue weighted by atomic mass is 10.3. The van der Waals surface area contributed by atoms with Crippen LogP contribution in [0.4, 0.5) is 0 Å². The Kier molecular flexibility index (Phi) is 3.29. The van der Waals surface area contributed by atoms with Gasteiger partial charge in [-0.1, -0.05) is 19.6 Å². The van der Waals surface area contributed by atoms with Gasteiger partial charge in [-0.05, 0) is 18.2 Å². The highest BCUT2D eigenvalue weighted by molar-refractivity contribution is 5.71. The van der Waals surface area contributed by atoms with E-state index >= 15 is 0 Å². The Balaban J connectivity index is 0.000000605. The van der Waals surface area contributed by atoms with Gasteiger partial charge in [0, 0.05) is 0 Å². The van der Waals surface area contributed by atoms with E-state index in [1.807, 2.05) is 12.1 Å². The second-order valence-corrected chi connectivity index (χ2v) is 2.13. The quantitative estimate of drug-likeness (QED) is 0.457. The Labute approximate surface area is 72.2 Å². The third-order valence-corrected chi connectivity index (χ3v) is 1.49. The maximum atomic E-state index is 9.15. The first-order valence-corrected chi connectivity index (χ1v) is 3.05. The monoisotopic (exact) mass is 167 g/mol. The minimum atomic E-state index is 0. The Morgan fingerprint density at radius 2 is 2.00 bits per heavy atom. The minimum absolute atomic E-state index is 0. The van der Waals surface area contributed by atoms with Crippen LogP contribution >= 0.6 is 0 Å². The van der Waals surface area contributed by atoms with Gasteiger partial charge in [-0.2, -0.15) is 0 Å². The van der Waals surface area contributed by atoms with E-state index in [1.54, 1.807) is 18.5 Å². The van der Waals surface area contributed by atoms with Gasteiger partial charge in [0.2, 0.25) is 0 Å². The van der Waals surface area contributed by atoms with Gasteiger partial charge in [-0.3, -0.25) is 0 Å². The zero-order chi connectivity index (χ0) is 6.97. The summed E-state index contributed by atoms with van der Waals surface area (Å²) in [6.07, 6.45) is 3.37. The highest BCUT2D eigenvalue weighted by Gasteiger charge is 2.03. The third-order valence-electron chi connectivity index (χ3n) is 1.49. The smallest absolute Gasteiger partial charge is 0.325 e. The van der Waals surface area contributed by atoms with Crippen molar-refractivity contribution < 1.29 is 9.94 Å². The Bertz CT molecular complexity index is 354. The molecular formula is C9H15N2O+. The van der Waals surface area contributed by atoms with Crippen LogP contribution in [0, 0.1) is 0 Å². The average Bonchev–Trinajstić information content (AvgIpc) is 2.36. The summed E-state index contributed by atoms with van der Waals surface area (Å²) < 4.78 is 1.06. The molecule has 12 heavy (non-hydrogen) atoms. The molecule has 0 fully saturated rings. The standard InChI is InChI=1S/C7H6N2O.2CH4/c10-9-5-1-2-6-3-4-8-7(6)9;;/h1-5,10H;2*1H4/p+1. The Hall–Kier alpha value is -1.51. The number of pyridine rings is 1. The van der Waals surface area contributed by atoms with Crippen molar-refractivity contribution in [2.45, 2.75) is 14.9 Å². The van der Waals surface area contributed by atoms with Crippen molar-refractivity contribution in [3.8, 4) is 0 Å². The summed E-state index contributed by atoms with van der Waals surface area (Å²) >= 11 is 0. The van der Waals surface area contributed by atoms with E-state index in [0.717, 1.165) is 15.8 Å². The van der Waals surface area contributed by atoms with Gasteiger partial charge in [-0.15, -0.1) is 0 Å². The first-order chi connectivity index (χ1) is 4.88. The summed E-state index contributed by atoms with van der Waals surface area (Å²) in [6.45, 7) is 0. The summed E-state index contributed by atoms with van der Waals surface area (Å²) in [5, 5.41) is 10.2. The molecule has 0 aliphatic carbocycles. The zero-order valence-corrected chi connectivity index (χ0v) is 5.28. The van der Waals surface area contributed by atoms with Gasteiger partial charge in [0.1, 0.15) is 6.20 Å². The molecular weight excluding hydrogens is 152 g/mol. The van der Waals surface area contributed by atoms with E-state index in [-0.39, 0.29) is 14.9 Å². The van der Waals surface area contributed by atoms with Crippen molar-refractivity contribution in [1.29, 1.82) is 0 Å². The number of aromatic amines is 1. The number of fused-ring (bicyclic) bond motifs is 1. The number of hydrogen-bond acceptors (Lipinski definition) is 1. The molecule has 0 saturated carbocycles. The predicted octanol–water partition coefficient (Wildman–Crippen LogP) is 1.96. The minimum Gasteiger partial charge on any atom is -0.350 e. The van der Waals surface area contributed by atoms with E-state index in [2.05, 4.69) is 4.98 Å². The fraction of sp³-hybridized carbons (Fsp3) is 0.222. The molecule has 0 spiro atoms. The molecule has 2 rings (SSSR count). The lowest BCUT2D eigenvalue weighted by Gasteiger charge is -1.86. The van der Waals surface area contributed by atoms with Gasteiger partial charge in [0.25, 0.3) is 0 Å². The SMILES string of the molecule is C.C.O[n+]1cccc2cc[nH]c21. The summed E-state index contributed by atoms with van der Waals surface area (Å²) in [5.41, 5.74) is 0.725. The molecule has 66 valence electrons. The number of hydrogen-bond donors (Lipinski definition) is 2. The number of nitrogens with one attached hydrogen (secondary N) is 1. The third kappa shape index (κ3) is 1.39. The maximum absolute atomic E-state index is 9.15. The van der Waals surface area contributed by atoms with Crippen LogP contribution in [0.25, 0.3) is 11.0 Å². The first kappa shape index (κ1) is 10.5. The van der Waals surface area contributed by atoms with E-state index in [4.69, 9.17) is 5.21 Å². The van der Waals surface area contributed by atoms with Crippen LogP contribution in [0.15, 0.2) is 30.6 Å². The van der Waals surface area contributed by atoms with Crippen molar-refractivity contribution in [1.82, 2.24) is 4.98 Å². The molecule has 0 saturated heterocycles. The fourth-order valence-electron chi connectivity index (χ4n) is 1.01. The van der Waals surface area contributed by atoms with E-state index < -0.39 is 0 Å². The topological polar surface area (TPSA) is 39.9 Å². The number of rotatable bonds is 0. The average molecular weight is 167 g/mol. The number of nitrogens with zero attached hydrogens (tertiary/aromatic N) is 1. The zero-order valence-electron chi connectivity index (χ0n) is 5.28. The van der Waals surface area contributed by atoms with Crippen molar-refractivity contribution in [3.05, 3.63) is 30.6 Å². The van der Waals surface area contributed by atoms with Crippen LogP contribution in [0.2, 0.25) is 0 Å². The van der Waals surface area contributed by atoms with Crippen LogP contribution in [0.5, 0.6) is 0 Å². The van der Waals surface area contributed by atoms with E-state index in [0.29, 0.717) is 0 Å². The fourth-order valence-corrected chi connectivity index (χ4v) is 1.01. The van der Waals surface area contributed by atoms with Gasteiger partial charge in [-0.25, -0.2) is 4.98 Å². The highest BCUT2D eigenvalue weighted by Crippen LogP contribution is 2.04. The number of H-pyrrole nitrogens is 1. The molecule has 2 aromatic rings. The summed E-state index contributed by atoms with van der Waals surface area (Å²) in [7, 11) is 0. The maximum Gasteiger partial charge on any atom is 0.325 e. The second-order valence-electron chi connectivity index (χ2n) is 2.13. The number of aromatic nitrogens is 2. The van der Waals surface area contributed by atoms with Gasteiger partial charge < -0.3 is 5.21 Å². The molecule has 2 N–H and O–H groups in total. The first-order valence-electron chi connectivity index (χ1n) is 3.05. The van der Waals surface area contributed by atoms with Crippen LogP contribution in [-0.2, 0) is 0 Å². The highest BCUT2D eigenvalue weighted by atomic mass is 16.5. The van der Waals surface area contributed by atoms with E-state index in [9.17, 15) is 0 Å². The predicted molar refractivity (Wildman–Crippen MR) is 49.1 cm³/mol. The van der Waals surface area contributed by atoms with Crippen molar-refractivity contribution in [2.75, 3.05) is 0 Å². The molecule has 3 heteroatoms. The van der Waals surface area contributed by atoms with Crippen LogP contribution < -0.4 is 4.73 Å². The summed E-state index contributed by atoms with van der Waals surface area (Å²) in [5.74, 6) is 0. The lowest BCUT2D eigenvalue weighted by molar-refractivity contribution is -0.885. The molecule has 0 amide bonds. The largest absolute Gasteiger partial charge is 0.350 e. The van der Waals surface area contributed by atoms with Crippen molar-refractivity contribution in [2.24, 2.45) is 0 Å². The van der Waals surface area contributed by atoms with Crippen LogP contribution in [0.3, 0.4) is 0 Å². The lowest BCUT2D eigenvalue weighted by Crippen LogP contribution is -2.29. The van der Waals surface area contributed by atoms with Gasteiger partial charge in [0.05, 0.1) is 11.6 Å². The van der Waals surface area contributed by atoms with Crippen molar-refractivity contribution >= 4 is 11.0 Å². The molecule has 3 nitrogen and oxygen atoms in total. The Morgan fingerprint density at radius 3 is 2.67 bits per heavy atom.